The lowest BCUT2D eigenvalue weighted by Crippen LogP contribution is -2.63. The number of ether oxygens (including phenoxy) is 1. The van der Waals surface area contributed by atoms with Crippen LogP contribution in [0, 0.1) is 23.7 Å². The predicted molar refractivity (Wildman–Crippen MR) is 277 cm³/mol. The Bertz CT molecular complexity index is 2820. The van der Waals surface area contributed by atoms with Crippen molar-refractivity contribution in [3.63, 3.8) is 0 Å². The van der Waals surface area contributed by atoms with E-state index >= 15 is 4.79 Å². The number of hydrogen-bond donors (Lipinski definition) is 2. The molecular weight excluding hydrogens is 919 g/mol. The molecule has 2 aromatic heterocycles. The maximum atomic E-state index is 15.3. The standard InChI is InChI=1S/C58H71N9O6/c1-34(2)66-33-59-48-30-47(61-53(52(48)66)60-40-11-12-40)37-10-18-46-49(27-37)67(42-28-41(29-42)63-22-4-3-5-23-63)57(72)58(46)20-24-64(25-21-58)56(71)51-38-26-39(51)32-65(31-38)55(70)36-8-15-44(16-9-36)73-43-13-6-35(7-14-43)45-17-19-50(68)62-54(45)69/h6-7,10,13-14,18,27,30,33-34,36,38-42,44-45,51H,3-5,8-9,11-12,15-17,19-26,28-29,31-32H2,1-2H3,(H,60,61)(H,62,68,69). The Kier molecular flexibility index (Phi) is 11.9. The topological polar surface area (TPSA) is 162 Å². The number of carbonyl (C=O) groups excluding carboxylic acids is 5. The molecule has 3 atom stereocenters. The van der Waals surface area contributed by atoms with E-state index < -0.39 is 5.41 Å². The molecule has 8 heterocycles. The Morgan fingerprint density at radius 1 is 0.795 bits per heavy atom. The van der Waals surface area contributed by atoms with Gasteiger partial charge in [0.25, 0.3) is 0 Å². The van der Waals surface area contributed by atoms with Gasteiger partial charge in [-0.1, -0.05) is 30.7 Å². The molecule has 9 fully saturated rings. The summed E-state index contributed by atoms with van der Waals surface area (Å²) >= 11 is 0. The summed E-state index contributed by atoms with van der Waals surface area (Å²) in [6, 6.07) is 17.7. The molecule has 73 heavy (non-hydrogen) atoms. The Morgan fingerprint density at radius 2 is 1.53 bits per heavy atom. The average molecular weight is 990 g/mol. The number of piperidine rings is 5. The van der Waals surface area contributed by atoms with Crippen LogP contribution in [0.3, 0.4) is 0 Å². The van der Waals surface area contributed by atoms with Crippen LogP contribution in [-0.2, 0) is 29.4 Å². The van der Waals surface area contributed by atoms with Gasteiger partial charge >= 0.3 is 0 Å². The lowest BCUT2D eigenvalue weighted by molar-refractivity contribution is -0.163. The average Bonchev–Trinajstić information content (AvgIpc) is 4.05. The van der Waals surface area contributed by atoms with E-state index in [9.17, 15) is 19.2 Å². The minimum absolute atomic E-state index is 0.0245. The van der Waals surface area contributed by atoms with Crippen LogP contribution < -0.4 is 20.3 Å². The number of likely N-dealkylation sites (tertiary alicyclic amines) is 2. The molecule has 2 aromatic carbocycles. The second-order valence-corrected chi connectivity index (χ2v) is 23.8. The SMILES string of the molecule is CC(C)n1cnc2cc(-c3ccc4c(c3)N(C3CC(N5CCCCC5)C3)C(=O)C43CCN(C(=O)C4C5CC4CN(C(=O)C4CCC(Oc6ccc(C7CCC(=O)NC7=O)cc6)CC4)C5)CC3)nc(NC3CC3)c21. The van der Waals surface area contributed by atoms with E-state index in [0.29, 0.717) is 63.9 Å². The fraction of sp³-hybridized carbons (Fsp3) is 0.603. The highest BCUT2D eigenvalue weighted by molar-refractivity contribution is 6.09. The van der Waals surface area contributed by atoms with E-state index in [1.54, 1.807) is 0 Å². The van der Waals surface area contributed by atoms with Gasteiger partial charge in [-0.15, -0.1) is 0 Å². The third-order valence-corrected chi connectivity index (χ3v) is 19.0. The quantitative estimate of drug-likeness (QED) is 0.142. The number of carbonyl (C=O) groups is 5. The minimum atomic E-state index is -0.669. The van der Waals surface area contributed by atoms with Crippen molar-refractivity contribution in [2.75, 3.05) is 49.5 Å². The van der Waals surface area contributed by atoms with Gasteiger partial charge in [-0.3, -0.25) is 29.3 Å². The lowest BCUT2D eigenvalue weighted by atomic mass is 9.60. The Hall–Kier alpha value is -5.83. The first kappa shape index (κ1) is 46.9. The molecule has 15 nitrogen and oxygen atoms in total. The molecule has 4 aliphatic carbocycles. The van der Waals surface area contributed by atoms with E-state index in [2.05, 4.69) is 72.9 Å². The summed E-state index contributed by atoms with van der Waals surface area (Å²) < 4.78 is 8.54. The summed E-state index contributed by atoms with van der Waals surface area (Å²) in [5, 5.41) is 6.15. The number of amides is 5. The highest BCUT2D eigenvalue weighted by atomic mass is 16.5. The maximum absolute atomic E-state index is 15.3. The number of hydrogen-bond acceptors (Lipinski definition) is 10. The fourth-order valence-corrected chi connectivity index (χ4v) is 14.5. The number of imidazole rings is 1. The number of nitrogens with zero attached hydrogens (tertiary/aromatic N) is 7. The van der Waals surface area contributed by atoms with Crippen molar-refractivity contribution in [2.24, 2.45) is 23.7 Å². The van der Waals surface area contributed by atoms with Gasteiger partial charge in [0.1, 0.15) is 11.3 Å². The molecule has 14 rings (SSSR count). The summed E-state index contributed by atoms with van der Waals surface area (Å²) in [6.45, 7) is 9.05. The van der Waals surface area contributed by atoms with Crippen LogP contribution >= 0.6 is 0 Å². The van der Waals surface area contributed by atoms with E-state index in [1.807, 2.05) is 30.6 Å². The molecule has 4 saturated carbocycles. The molecule has 10 aliphatic rings. The molecule has 384 valence electrons. The zero-order valence-corrected chi connectivity index (χ0v) is 42.6. The number of imide groups is 1. The van der Waals surface area contributed by atoms with Crippen molar-refractivity contribution in [3.8, 4) is 17.0 Å². The number of rotatable bonds is 11. The van der Waals surface area contributed by atoms with E-state index in [4.69, 9.17) is 14.7 Å². The number of benzene rings is 2. The number of aromatic nitrogens is 3. The minimum Gasteiger partial charge on any atom is -0.490 e. The van der Waals surface area contributed by atoms with Crippen LogP contribution in [-0.4, -0.2) is 122 Å². The Balaban J connectivity index is 0.658. The number of anilines is 2. The first-order valence-corrected chi connectivity index (χ1v) is 28.0. The van der Waals surface area contributed by atoms with Gasteiger partial charge in [-0.2, -0.15) is 0 Å². The first-order valence-electron chi connectivity index (χ1n) is 28.0. The molecule has 6 aliphatic heterocycles. The molecular formula is C58H71N9O6. The molecule has 2 N–H and O–H groups in total. The maximum Gasteiger partial charge on any atom is 0.238 e. The third kappa shape index (κ3) is 8.39. The van der Waals surface area contributed by atoms with Crippen LogP contribution in [0.15, 0.2) is 54.9 Å². The lowest BCUT2D eigenvalue weighted by Gasteiger charge is -2.54. The molecule has 4 aromatic rings. The van der Waals surface area contributed by atoms with E-state index in [1.165, 1.54) is 19.3 Å². The largest absolute Gasteiger partial charge is 0.490 e. The van der Waals surface area contributed by atoms with Crippen LogP contribution in [0.5, 0.6) is 5.75 Å². The van der Waals surface area contributed by atoms with Crippen LogP contribution in [0.25, 0.3) is 22.3 Å². The molecule has 1 spiro atoms. The number of fused-ring (bicyclic) bond motifs is 5. The molecule has 15 heteroatoms. The highest BCUT2D eigenvalue weighted by Crippen LogP contribution is 2.54. The second kappa shape index (κ2) is 18.5. The number of pyridine rings is 1. The van der Waals surface area contributed by atoms with Gasteiger partial charge in [0.15, 0.2) is 5.82 Å². The van der Waals surface area contributed by atoms with Gasteiger partial charge < -0.3 is 34.2 Å². The van der Waals surface area contributed by atoms with Crippen molar-refractivity contribution >= 4 is 52.1 Å². The molecule has 0 radical (unpaired) electrons. The Labute approximate surface area is 428 Å². The van der Waals surface area contributed by atoms with Crippen molar-refractivity contribution in [1.82, 2.24) is 34.6 Å². The van der Waals surface area contributed by atoms with Gasteiger partial charge in [0, 0.05) is 79.9 Å². The van der Waals surface area contributed by atoms with Crippen LogP contribution in [0.4, 0.5) is 11.5 Å². The second-order valence-electron chi connectivity index (χ2n) is 23.8. The molecule has 3 unspecified atom stereocenters. The van der Waals surface area contributed by atoms with Crippen molar-refractivity contribution in [2.45, 2.75) is 158 Å². The fourth-order valence-electron chi connectivity index (χ4n) is 14.5. The van der Waals surface area contributed by atoms with Crippen molar-refractivity contribution in [3.05, 3.63) is 66.0 Å². The van der Waals surface area contributed by atoms with E-state index in [-0.39, 0.29) is 77.3 Å². The van der Waals surface area contributed by atoms with Crippen LogP contribution in [0.1, 0.15) is 140 Å². The zero-order valence-electron chi connectivity index (χ0n) is 42.6. The predicted octanol–water partition coefficient (Wildman–Crippen LogP) is 7.73. The highest BCUT2D eigenvalue weighted by Gasteiger charge is 2.58. The smallest absolute Gasteiger partial charge is 0.238 e. The number of nitrogens with one attached hydrogen (secondary N) is 2. The van der Waals surface area contributed by atoms with Gasteiger partial charge in [0.2, 0.25) is 29.5 Å². The third-order valence-electron chi connectivity index (χ3n) is 19.0. The van der Waals surface area contributed by atoms with Crippen LogP contribution in [0.2, 0.25) is 0 Å². The summed E-state index contributed by atoms with van der Waals surface area (Å²) in [6.07, 6.45) is 16.3. The van der Waals surface area contributed by atoms with Crippen molar-refractivity contribution in [1.29, 1.82) is 0 Å². The first-order chi connectivity index (χ1) is 35.5. The van der Waals surface area contributed by atoms with Gasteiger partial charge in [-0.25, -0.2) is 9.97 Å². The summed E-state index contributed by atoms with van der Waals surface area (Å²) in [4.78, 5) is 86.8. The van der Waals surface area contributed by atoms with Gasteiger partial charge in [0.05, 0.1) is 35.0 Å². The van der Waals surface area contributed by atoms with E-state index in [0.717, 1.165) is 122 Å². The normalized spacial score (nSPS) is 30.0. The molecule has 5 amide bonds. The summed E-state index contributed by atoms with van der Waals surface area (Å²) in [5.74, 6) is 1.74. The zero-order chi connectivity index (χ0) is 49.7. The van der Waals surface area contributed by atoms with Crippen molar-refractivity contribution < 1.29 is 28.7 Å². The molecule has 5 saturated heterocycles. The summed E-state index contributed by atoms with van der Waals surface area (Å²) in [5.41, 5.74) is 6.15. The monoisotopic (exact) mass is 990 g/mol. The molecule has 2 bridgehead atoms. The summed E-state index contributed by atoms with van der Waals surface area (Å²) in [7, 11) is 0. The van der Waals surface area contributed by atoms with Gasteiger partial charge in [-0.05, 0) is 164 Å². The Morgan fingerprint density at radius 3 is 2.23 bits per heavy atom.